The van der Waals surface area contributed by atoms with Crippen LogP contribution in [0, 0.1) is 0 Å². The summed E-state index contributed by atoms with van der Waals surface area (Å²) in [5.74, 6) is 0. The van der Waals surface area contributed by atoms with Crippen LogP contribution >= 0.6 is 0 Å². The summed E-state index contributed by atoms with van der Waals surface area (Å²) in [5, 5.41) is 10.3. The number of benzene rings is 11. The molecule has 2 aliphatic rings. The number of aromatic nitrogens is 1. The lowest BCUT2D eigenvalue weighted by Crippen LogP contribution is -2.37. The number of pyridine rings is 1. The molecule has 0 radical (unpaired) electrons. The summed E-state index contributed by atoms with van der Waals surface area (Å²) < 4.78 is 0. The minimum atomic E-state index is 0.0436. The van der Waals surface area contributed by atoms with Crippen LogP contribution in [0.2, 0.25) is 0 Å². The number of rotatable bonds is 9. The molecule has 0 fully saturated rings. The van der Waals surface area contributed by atoms with Crippen molar-refractivity contribution in [2.24, 2.45) is 4.99 Å². The first-order chi connectivity index (χ1) is 36.7. The zero-order chi connectivity index (χ0) is 49.0. The predicted octanol–water partition coefficient (Wildman–Crippen LogP) is 17.1. The van der Waals surface area contributed by atoms with Crippen molar-refractivity contribution in [3.05, 3.63) is 295 Å². The second-order valence-electron chi connectivity index (χ2n) is 19.2. The Hall–Kier alpha value is -9.64. The Kier molecular flexibility index (Phi) is 10.6. The smallest absolute Gasteiger partial charge is 0.0968 e. The molecule has 4 nitrogen and oxygen atoms in total. The zero-order valence-corrected chi connectivity index (χ0v) is 40.6. The fourth-order valence-corrected chi connectivity index (χ4v) is 11.5. The fourth-order valence-electron chi connectivity index (χ4n) is 11.5. The van der Waals surface area contributed by atoms with Gasteiger partial charge >= 0.3 is 0 Å². The highest BCUT2D eigenvalue weighted by Gasteiger charge is 2.26. The molecule has 0 saturated heterocycles. The summed E-state index contributed by atoms with van der Waals surface area (Å²) >= 11 is 0. The molecule has 74 heavy (non-hydrogen) atoms. The second kappa shape index (κ2) is 18.2. The van der Waals surface area contributed by atoms with E-state index in [0.29, 0.717) is 0 Å². The van der Waals surface area contributed by atoms with E-state index < -0.39 is 0 Å². The summed E-state index contributed by atoms with van der Waals surface area (Å²) in [6.07, 6.45) is 7.52. The van der Waals surface area contributed by atoms with Gasteiger partial charge < -0.3 is 9.80 Å². The van der Waals surface area contributed by atoms with E-state index in [4.69, 9.17) is 9.98 Å². The van der Waals surface area contributed by atoms with E-state index in [0.717, 1.165) is 89.6 Å². The first-order valence-electron chi connectivity index (χ1n) is 25.5. The van der Waals surface area contributed by atoms with Crippen LogP contribution in [0.25, 0.3) is 71.2 Å². The quantitative estimate of drug-likeness (QED) is 0.135. The molecule has 11 aromatic carbocycles. The molecule has 14 rings (SSSR count). The molecule has 1 aliphatic heterocycles. The van der Waals surface area contributed by atoms with Crippen molar-refractivity contribution in [1.82, 2.24) is 4.98 Å². The molecule has 0 amide bonds. The Morgan fingerprint density at radius 3 is 1.50 bits per heavy atom. The first kappa shape index (κ1) is 43.2. The summed E-state index contributed by atoms with van der Waals surface area (Å²) in [6.45, 7) is 0. The average Bonchev–Trinajstić information content (AvgIpc) is 3.47. The lowest BCUT2D eigenvalue weighted by atomic mass is 9.85. The van der Waals surface area contributed by atoms with Gasteiger partial charge in [-0.25, -0.2) is 4.98 Å². The molecule has 1 aromatic heterocycles. The van der Waals surface area contributed by atoms with Gasteiger partial charge in [-0.2, -0.15) is 0 Å². The molecule has 348 valence electrons. The number of nitrogens with zero attached hydrogens (tertiary/aromatic N) is 4. The second-order valence-corrected chi connectivity index (χ2v) is 19.2. The van der Waals surface area contributed by atoms with E-state index in [2.05, 4.69) is 283 Å². The molecular weight excluding hydrogens is 897 g/mol. The Labute approximate surface area is 430 Å². The Morgan fingerprint density at radius 1 is 0.378 bits per heavy atom. The third-order valence-corrected chi connectivity index (χ3v) is 14.9. The SMILES string of the molecule is C1=CCC2N=c3c(ccc4ccc(-c5c6ccccc6c(-c6ccc(N(c7ccc(N(c8ccccc8)c8ccccc8)cc7)c7ccc8ccccc8c7)cc6)c6ccccc56)nc34)=C(c3ccccc3)C2=C1. The minimum absolute atomic E-state index is 0.0436. The van der Waals surface area contributed by atoms with Crippen LogP contribution in [0.5, 0.6) is 0 Å². The van der Waals surface area contributed by atoms with E-state index in [-0.39, 0.29) is 6.04 Å². The minimum Gasteiger partial charge on any atom is -0.311 e. The maximum atomic E-state index is 5.63. The summed E-state index contributed by atoms with van der Waals surface area (Å²) in [6, 6.07) is 92.0. The van der Waals surface area contributed by atoms with Gasteiger partial charge in [-0.15, -0.1) is 0 Å². The highest BCUT2D eigenvalue weighted by molar-refractivity contribution is 6.21. The van der Waals surface area contributed by atoms with Gasteiger partial charge in [0, 0.05) is 50.3 Å². The summed E-state index contributed by atoms with van der Waals surface area (Å²) in [5.41, 5.74) is 15.6. The van der Waals surface area contributed by atoms with E-state index >= 15 is 0 Å². The van der Waals surface area contributed by atoms with Gasteiger partial charge in [0.15, 0.2) is 0 Å². The van der Waals surface area contributed by atoms with Crippen molar-refractivity contribution >= 4 is 82.9 Å². The van der Waals surface area contributed by atoms with Gasteiger partial charge in [0.05, 0.1) is 22.6 Å². The van der Waals surface area contributed by atoms with Crippen molar-refractivity contribution in [3.8, 4) is 22.4 Å². The molecule has 2 heterocycles. The van der Waals surface area contributed by atoms with Crippen LogP contribution in [0.1, 0.15) is 12.0 Å². The van der Waals surface area contributed by atoms with Crippen molar-refractivity contribution in [2.45, 2.75) is 12.5 Å². The normalized spacial score (nSPS) is 13.9. The monoisotopic (exact) mass is 944 g/mol. The standard InChI is InChI=1S/C70H48N4/c1-4-19-48(20-5-1)67-62-30-16-17-31-64(62)71-70-63(67)44-35-50-36-45-65(72-69(50)70)68-60-28-14-12-26-58(60)66(59-27-13-15-29-61(59)68)49-33-37-54(38-34-49)74(57-39-32-47-18-10-11-21-51(47)46-57)56-42-40-55(41-43-56)73(52-22-6-2-7-23-52)53-24-8-3-9-25-53/h1-30,32-46,64H,31H2. The zero-order valence-electron chi connectivity index (χ0n) is 40.6. The van der Waals surface area contributed by atoms with Crippen LogP contribution in [-0.2, 0) is 0 Å². The molecule has 4 heteroatoms. The third-order valence-electron chi connectivity index (χ3n) is 14.9. The summed E-state index contributed by atoms with van der Waals surface area (Å²) in [7, 11) is 0. The van der Waals surface area contributed by atoms with Crippen LogP contribution in [0.4, 0.5) is 34.1 Å². The molecule has 0 N–H and O–H groups in total. The van der Waals surface area contributed by atoms with Crippen LogP contribution < -0.4 is 20.4 Å². The van der Waals surface area contributed by atoms with Gasteiger partial charge in [-0.05, 0) is 145 Å². The lowest BCUT2D eigenvalue weighted by Gasteiger charge is -2.28. The highest BCUT2D eigenvalue weighted by atomic mass is 15.2. The number of para-hydroxylation sites is 2. The first-order valence-corrected chi connectivity index (χ1v) is 25.5. The Morgan fingerprint density at radius 2 is 0.865 bits per heavy atom. The van der Waals surface area contributed by atoms with Crippen molar-refractivity contribution in [2.75, 3.05) is 9.80 Å². The average molecular weight is 945 g/mol. The Balaban J connectivity index is 0.900. The van der Waals surface area contributed by atoms with Crippen molar-refractivity contribution in [3.63, 3.8) is 0 Å². The van der Waals surface area contributed by atoms with Gasteiger partial charge in [0.25, 0.3) is 0 Å². The molecule has 1 unspecified atom stereocenters. The molecule has 0 spiro atoms. The molecule has 0 saturated carbocycles. The highest BCUT2D eigenvalue weighted by Crippen LogP contribution is 2.45. The molecule has 0 bridgehead atoms. The lowest BCUT2D eigenvalue weighted by molar-refractivity contribution is 0.763. The fraction of sp³-hybridized carbons (Fsp3) is 0.0286. The van der Waals surface area contributed by atoms with E-state index in [1.165, 1.54) is 43.8 Å². The maximum absolute atomic E-state index is 5.63. The number of fused-ring (bicyclic) bond motifs is 7. The maximum Gasteiger partial charge on any atom is 0.0968 e. The van der Waals surface area contributed by atoms with E-state index in [1.54, 1.807) is 0 Å². The number of hydrogen-bond donors (Lipinski definition) is 0. The Bertz CT molecular complexity index is 4220. The predicted molar refractivity (Wildman–Crippen MR) is 310 cm³/mol. The van der Waals surface area contributed by atoms with Crippen molar-refractivity contribution in [1.29, 1.82) is 0 Å². The molecule has 12 aromatic rings. The molecular formula is C70H48N4. The van der Waals surface area contributed by atoms with Crippen molar-refractivity contribution < 1.29 is 0 Å². The van der Waals surface area contributed by atoms with Gasteiger partial charge in [0.2, 0.25) is 0 Å². The van der Waals surface area contributed by atoms with Crippen LogP contribution in [-0.4, -0.2) is 11.0 Å². The number of hydrogen-bond acceptors (Lipinski definition) is 4. The van der Waals surface area contributed by atoms with E-state index in [1.807, 2.05) is 0 Å². The van der Waals surface area contributed by atoms with Crippen LogP contribution in [0.3, 0.4) is 0 Å². The molecule has 1 aliphatic carbocycles. The van der Waals surface area contributed by atoms with Gasteiger partial charge in [-0.1, -0.05) is 194 Å². The largest absolute Gasteiger partial charge is 0.311 e. The summed E-state index contributed by atoms with van der Waals surface area (Å²) in [4.78, 5) is 15.8. The number of anilines is 6. The van der Waals surface area contributed by atoms with Crippen LogP contribution in [0.15, 0.2) is 284 Å². The van der Waals surface area contributed by atoms with E-state index in [9.17, 15) is 0 Å². The number of allylic oxidation sites excluding steroid dienone is 2. The third kappa shape index (κ3) is 7.46. The topological polar surface area (TPSA) is 31.7 Å². The molecule has 1 atom stereocenters. The van der Waals surface area contributed by atoms with Gasteiger partial charge in [-0.3, -0.25) is 4.99 Å². The van der Waals surface area contributed by atoms with Gasteiger partial charge in [0.1, 0.15) is 0 Å².